The summed E-state index contributed by atoms with van der Waals surface area (Å²) in [6, 6.07) is 0.0181. The fraction of sp³-hybridized carbons (Fsp3) is 0.933. The van der Waals surface area contributed by atoms with Gasteiger partial charge in [0.25, 0.3) is 0 Å². The van der Waals surface area contributed by atoms with E-state index in [-0.39, 0.29) is 23.4 Å². The van der Waals surface area contributed by atoms with Crippen LogP contribution in [0.25, 0.3) is 0 Å². The average molecular weight is 318 g/mol. The second kappa shape index (κ2) is 8.73. The van der Waals surface area contributed by atoms with Crippen LogP contribution >= 0.6 is 0 Å². The monoisotopic (exact) mass is 318 g/mol. The maximum atomic E-state index is 12.4. The van der Waals surface area contributed by atoms with Crippen molar-refractivity contribution in [1.29, 1.82) is 0 Å². The Hall–Kier alpha value is -0.620. The molecule has 1 aliphatic rings. The van der Waals surface area contributed by atoms with E-state index in [4.69, 9.17) is 0 Å². The second-order valence-corrected chi connectivity index (χ2v) is 8.21. The number of nitrogens with zero attached hydrogens (tertiary/aromatic N) is 1. The van der Waals surface area contributed by atoms with Crippen molar-refractivity contribution < 1.29 is 14.1 Å². The van der Waals surface area contributed by atoms with Crippen LogP contribution in [0.2, 0.25) is 0 Å². The van der Waals surface area contributed by atoms with Crippen molar-refractivity contribution >= 4 is 16.8 Å². The van der Waals surface area contributed by atoms with E-state index in [1.54, 1.807) is 11.8 Å². The van der Waals surface area contributed by atoms with E-state index in [9.17, 15) is 14.1 Å². The number of carbonyl (C=O) groups is 1. The quantitative estimate of drug-likeness (QED) is 0.785. The largest absolute Gasteiger partial charge is 0.392 e. The van der Waals surface area contributed by atoms with Gasteiger partial charge in [0.2, 0.25) is 0 Å². The van der Waals surface area contributed by atoms with Gasteiger partial charge >= 0.3 is 6.03 Å². The molecule has 0 radical (unpaired) electrons. The summed E-state index contributed by atoms with van der Waals surface area (Å²) in [4.78, 5) is 14.0. The number of hydrogen-bond acceptors (Lipinski definition) is 3. The number of aliphatic hydroxyl groups excluding tert-OH is 1. The van der Waals surface area contributed by atoms with Gasteiger partial charge in [-0.2, -0.15) is 0 Å². The van der Waals surface area contributed by atoms with Crippen molar-refractivity contribution in [3.8, 4) is 0 Å². The first kappa shape index (κ1) is 18.4. The number of hydrogen-bond donors (Lipinski definition) is 2. The summed E-state index contributed by atoms with van der Waals surface area (Å²) in [5, 5.41) is 12.8. The standard InChI is InChI=1S/C15H30N2O3S/c1-5-21(20)14-8-6-7-13(9-14)16-15(19)17(11(2)3)10-12(4)18/h11-14,18H,5-10H2,1-4H3,(H,16,19). The van der Waals surface area contributed by atoms with E-state index in [1.165, 1.54) is 0 Å². The van der Waals surface area contributed by atoms with Gasteiger partial charge in [-0.3, -0.25) is 4.21 Å². The van der Waals surface area contributed by atoms with Crippen molar-refractivity contribution in [2.75, 3.05) is 12.3 Å². The molecule has 5 nitrogen and oxygen atoms in total. The lowest BCUT2D eigenvalue weighted by Gasteiger charge is -2.33. The van der Waals surface area contributed by atoms with E-state index in [0.29, 0.717) is 12.3 Å². The third-order valence-corrected chi connectivity index (χ3v) is 5.70. The Bertz CT molecular complexity index is 361. The van der Waals surface area contributed by atoms with E-state index in [1.807, 2.05) is 20.8 Å². The predicted molar refractivity (Wildman–Crippen MR) is 86.8 cm³/mol. The molecule has 6 heteroatoms. The third kappa shape index (κ3) is 5.94. The van der Waals surface area contributed by atoms with Crippen LogP contribution in [0.15, 0.2) is 0 Å². The highest BCUT2D eigenvalue weighted by molar-refractivity contribution is 7.85. The molecule has 0 aromatic heterocycles. The first-order chi connectivity index (χ1) is 9.85. The fourth-order valence-electron chi connectivity index (χ4n) is 2.82. The summed E-state index contributed by atoms with van der Waals surface area (Å²) in [6.45, 7) is 7.85. The van der Waals surface area contributed by atoms with Crippen LogP contribution in [0.5, 0.6) is 0 Å². The Labute approximate surface area is 130 Å². The van der Waals surface area contributed by atoms with Gasteiger partial charge in [0, 0.05) is 40.4 Å². The van der Waals surface area contributed by atoms with Crippen LogP contribution < -0.4 is 5.32 Å². The Kier molecular flexibility index (Phi) is 7.66. The minimum absolute atomic E-state index is 0.0451. The molecular formula is C15H30N2O3S. The number of urea groups is 1. The molecule has 0 saturated heterocycles. The molecule has 124 valence electrons. The molecule has 0 heterocycles. The average Bonchev–Trinajstić information content (AvgIpc) is 2.43. The minimum atomic E-state index is -0.782. The molecule has 21 heavy (non-hydrogen) atoms. The minimum Gasteiger partial charge on any atom is -0.392 e. The van der Waals surface area contributed by atoms with Crippen molar-refractivity contribution in [3.05, 3.63) is 0 Å². The van der Waals surface area contributed by atoms with Gasteiger partial charge in [0.1, 0.15) is 0 Å². The number of aliphatic hydroxyl groups is 1. The number of carbonyl (C=O) groups excluding carboxylic acids is 1. The molecule has 1 fully saturated rings. The van der Waals surface area contributed by atoms with E-state index < -0.39 is 16.9 Å². The lowest BCUT2D eigenvalue weighted by molar-refractivity contribution is 0.116. The number of amides is 2. The topological polar surface area (TPSA) is 69.6 Å². The van der Waals surface area contributed by atoms with Gasteiger partial charge in [-0.15, -0.1) is 0 Å². The van der Waals surface area contributed by atoms with Crippen LogP contribution in [-0.2, 0) is 10.8 Å². The maximum Gasteiger partial charge on any atom is 0.317 e. The highest BCUT2D eigenvalue weighted by Gasteiger charge is 2.28. The van der Waals surface area contributed by atoms with Crippen molar-refractivity contribution in [1.82, 2.24) is 10.2 Å². The van der Waals surface area contributed by atoms with Gasteiger partial charge in [-0.1, -0.05) is 13.3 Å². The Morgan fingerprint density at radius 2 is 2.05 bits per heavy atom. The number of nitrogens with one attached hydrogen (secondary N) is 1. The van der Waals surface area contributed by atoms with Crippen molar-refractivity contribution in [2.45, 2.75) is 76.8 Å². The smallest absolute Gasteiger partial charge is 0.317 e. The molecule has 0 aromatic carbocycles. The van der Waals surface area contributed by atoms with Crippen molar-refractivity contribution in [3.63, 3.8) is 0 Å². The zero-order chi connectivity index (χ0) is 16.0. The molecule has 0 spiro atoms. The molecule has 1 rings (SSSR count). The molecule has 4 unspecified atom stereocenters. The van der Waals surface area contributed by atoms with Gasteiger partial charge in [-0.25, -0.2) is 4.79 Å². The SMILES string of the molecule is CCS(=O)C1CCCC(NC(=O)N(CC(C)O)C(C)C)C1. The van der Waals surface area contributed by atoms with Crippen LogP contribution in [0, 0.1) is 0 Å². The van der Waals surface area contributed by atoms with Gasteiger partial charge in [0.15, 0.2) is 0 Å². The summed E-state index contributed by atoms with van der Waals surface area (Å²) >= 11 is 0. The summed E-state index contributed by atoms with van der Waals surface area (Å²) in [5.74, 6) is 0.686. The summed E-state index contributed by atoms with van der Waals surface area (Å²) in [5.41, 5.74) is 0. The maximum absolute atomic E-state index is 12.4. The zero-order valence-electron chi connectivity index (χ0n) is 13.7. The molecule has 4 atom stereocenters. The van der Waals surface area contributed by atoms with Crippen LogP contribution in [0.4, 0.5) is 4.79 Å². The Balaban J connectivity index is 2.57. The molecule has 1 saturated carbocycles. The lowest BCUT2D eigenvalue weighted by Crippen LogP contribution is -2.51. The van der Waals surface area contributed by atoms with Gasteiger partial charge in [0.05, 0.1) is 6.10 Å². The molecule has 1 aliphatic carbocycles. The lowest BCUT2D eigenvalue weighted by atomic mass is 9.95. The predicted octanol–water partition coefficient (Wildman–Crippen LogP) is 1.87. The first-order valence-corrected chi connectivity index (χ1v) is 9.35. The molecular weight excluding hydrogens is 288 g/mol. The summed E-state index contributed by atoms with van der Waals surface area (Å²) < 4.78 is 11.9. The first-order valence-electron chi connectivity index (χ1n) is 7.97. The number of rotatable bonds is 6. The molecule has 2 amide bonds. The molecule has 0 aromatic rings. The molecule has 0 bridgehead atoms. The Morgan fingerprint density at radius 3 is 2.57 bits per heavy atom. The second-order valence-electron chi connectivity index (χ2n) is 6.20. The normalized spacial score (nSPS) is 25.4. The van der Waals surface area contributed by atoms with Crippen molar-refractivity contribution in [2.24, 2.45) is 0 Å². The zero-order valence-corrected chi connectivity index (χ0v) is 14.5. The van der Waals surface area contributed by atoms with Gasteiger partial charge < -0.3 is 15.3 Å². The Morgan fingerprint density at radius 1 is 1.38 bits per heavy atom. The van der Waals surface area contributed by atoms with E-state index in [2.05, 4.69) is 5.32 Å². The van der Waals surface area contributed by atoms with Crippen LogP contribution in [-0.4, -0.2) is 56.0 Å². The van der Waals surface area contributed by atoms with E-state index in [0.717, 1.165) is 25.7 Å². The third-order valence-electron chi connectivity index (χ3n) is 3.96. The highest BCUT2D eigenvalue weighted by Crippen LogP contribution is 2.23. The van der Waals surface area contributed by atoms with Gasteiger partial charge in [-0.05, 0) is 40.0 Å². The highest BCUT2D eigenvalue weighted by atomic mass is 32.2. The summed E-state index contributed by atoms with van der Waals surface area (Å²) in [6.07, 6.45) is 3.22. The van der Waals surface area contributed by atoms with Crippen LogP contribution in [0.1, 0.15) is 53.4 Å². The van der Waals surface area contributed by atoms with Crippen LogP contribution in [0.3, 0.4) is 0 Å². The molecule has 0 aliphatic heterocycles. The van der Waals surface area contributed by atoms with E-state index >= 15 is 0 Å². The molecule has 2 N–H and O–H groups in total. The fourth-order valence-corrected chi connectivity index (χ4v) is 4.17. The summed E-state index contributed by atoms with van der Waals surface area (Å²) in [7, 11) is -0.782.